The normalized spacial score (nSPS) is 10.8. The number of oxazole rings is 1. The summed E-state index contributed by atoms with van der Waals surface area (Å²) in [5.74, 6) is 1.41. The molecule has 0 amide bonds. The summed E-state index contributed by atoms with van der Waals surface area (Å²) >= 11 is 0. The molecule has 0 saturated carbocycles. The number of fused-ring (bicyclic) bond motifs is 1. The lowest BCUT2D eigenvalue weighted by Crippen LogP contribution is -2.24. The largest absolute Gasteiger partial charge is 0.497 e. The maximum atomic E-state index is 11.7. The summed E-state index contributed by atoms with van der Waals surface area (Å²) in [5.41, 5.74) is 2.88. The van der Waals surface area contributed by atoms with Gasteiger partial charge in [0.1, 0.15) is 5.75 Å². The van der Waals surface area contributed by atoms with E-state index in [1.165, 1.54) is 24.9 Å². The smallest absolute Gasteiger partial charge is 0.419 e. The van der Waals surface area contributed by atoms with Crippen molar-refractivity contribution in [3.05, 3.63) is 59.1 Å². The second-order valence-electron chi connectivity index (χ2n) is 8.56. The van der Waals surface area contributed by atoms with Crippen molar-refractivity contribution in [2.75, 3.05) is 25.1 Å². The highest BCUT2D eigenvalue weighted by atomic mass is 16.5. The molecule has 0 atom stereocenters. The Balaban J connectivity index is 0.000000229. The number of rotatable bonds is 11. The molecule has 3 aromatic rings. The summed E-state index contributed by atoms with van der Waals surface area (Å²) in [7, 11) is 1.70. The van der Waals surface area contributed by atoms with E-state index >= 15 is 0 Å². The van der Waals surface area contributed by atoms with E-state index in [0.717, 1.165) is 49.7 Å². The van der Waals surface area contributed by atoms with E-state index in [-0.39, 0.29) is 5.76 Å². The molecule has 5 heteroatoms. The Morgan fingerprint density at radius 3 is 2.22 bits per heavy atom. The highest BCUT2D eigenvalue weighted by Gasteiger charge is 2.07. The number of hydrogen-bond donors (Lipinski definition) is 0. The molecule has 0 aliphatic heterocycles. The average Bonchev–Trinajstić information content (AvgIpc) is 3.12. The van der Waals surface area contributed by atoms with Crippen LogP contribution in [0.3, 0.4) is 0 Å². The number of ether oxygens (including phenoxy) is 1. The third-order valence-corrected chi connectivity index (χ3v) is 5.41. The van der Waals surface area contributed by atoms with Gasteiger partial charge in [0.15, 0.2) is 5.58 Å². The number of hydrogen-bond acceptors (Lipinski definition) is 4. The van der Waals surface area contributed by atoms with Crippen molar-refractivity contribution in [2.24, 2.45) is 5.92 Å². The first-order valence-electron chi connectivity index (χ1n) is 12.0. The Morgan fingerprint density at radius 2 is 1.62 bits per heavy atom. The maximum Gasteiger partial charge on any atom is 0.419 e. The molecule has 0 radical (unpaired) electrons. The number of anilines is 1. The van der Waals surface area contributed by atoms with Gasteiger partial charge in [-0.05, 0) is 61.6 Å². The van der Waals surface area contributed by atoms with Crippen LogP contribution in [0.25, 0.3) is 11.1 Å². The van der Waals surface area contributed by atoms with Gasteiger partial charge in [0, 0.05) is 25.3 Å². The predicted molar refractivity (Wildman–Crippen MR) is 135 cm³/mol. The van der Waals surface area contributed by atoms with Gasteiger partial charge in [-0.3, -0.25) is 4.57 Å². The molecule has 0 unspecified atom stereocenters. The fraction of sp³-hybridized carbons (Fsp3) is 0.519. The molecule has 32 heavy (non-hydrogen) atoms. The van der Waals surface area contributed by atoms with E-state index in [1.807, 2.05) is 36.4 Å². The van der Waals surface area contributed by atoms with Crippen LogP contribution in [-0.2, 0) is 6.54 Å². The van der Waals surface area contributed by atoms with Crippen LogP contribution in [-0.4, -0.2) is 24.8 Å². The molecule has 1 aromatic heterocycles. The highest BCUT2D eigenvalue weighted by molar-refractivity contribution is 5.72. The van der Waals surface area contributed by atoms with E-state index < -0.39 is 0 Å². The molecular formula is C27H40N2O3. The number of methoxy groups -OCH3 is 1. The lowest BCUT2D eigenvalue weighted by atomic mass is 10.1. The predicted octanol–water partition coefficient (Wildman–Crippen LogP) is 6.74. The van der Waals surface area contributed by atoms with Gasteiger partial charge in [-0.1, -0.05) is 52.7 Å². The van der Waals surface area contributed by atoms with Crippen molar-refractivity contribution in [2.45, 2.75) is 66.3 Å². The number of unbranched alkanes of at least 4 members (excludes halogenated alkanes) is 1. The molecule has 0 bridgehead atoms. The van der Waals surface area contributed by atoms with E-state index in [2.05, 4.69) is 44.7 Å². The van der Waals surface area contributed by atoms with Gasteiger partial charge in [-0.15, -0.1) is 0 Å². The van der Waals surface area contributed by atoms with E-state index in [9.17, 15) is 4.79 Å². The fourth-order valence-electron chi connectivity index (χ4n) is 3.75. The summed E-state index contributed by atoms with van der Waals surface area (Å²) in [5, 5.41) is 0. The van der Waals surface area contributed by atoms with Crippen molar-refractivity contribution in [3.63, 3.8) is 0 Å². The summed E-state index contributed by atoms with van der Waals surface area (Å²) in [4.78, 5) is 14.1. The van der Waals surface area contributed by atoms with Gasteiger partial charge in [-0.25, -0.2) is 4.79 Å². The van der Waals surface area contributed by atoms with Gasteiger partial charge in [0.05, 0.1) is 12.6 Å². The van der Waals surface area contributed by atoms with Gasteiger partial charge < -0.3 is 14.1 Å². The number of aromatic nitrogens is 1. The molecule has 0 N–H and O–H groups in total. The molecule has 0 spiro atoms. The van der Waals surface area contributed by atoms with Crippen LogP contribution < -0.4 is 15.4 Å². The lowest BCUT2D eigenvalue weighted by Gasteiger charge is -2.23. The van der Waals surface area contributed by atoms with Crippen LogP contribution >= 0.6 is 0 Å². The van der Waals surface area contributed by atoms with Crippen molar-refractivity contribution < 1.29 is 9.15 Å². The van der Waals surface area contributed by atoms with Crippen LogP contribution in [0.4, 0.5) is 5.69 Å². The zero-order chi connectivity index (χ0) is 23.3. The molecular weight excluding hydrogens is 400 g/mol. The maximum absolute atomic E-state index is 11.7. The van der Waals surface area contributed by atoms with Gasteiger partial charge in [0.25, 0.3) is 0 Å². The standard InChI is InChI=1S/C14H19NO2.C13H21NO/c1-11(2)7-5-6-10-15-12-8-3-4-9-13(12)17-14(15)16;1-4-10-14(11-5-2)12-6-8-13(15-3)9-7-12/h3-4,8-9,11H,5-7,10H2,1-2H3;6-9H,4-5,10-11H2,1-3H3. The minimum Gasteiger partial charge on any atom is -0.497 e. The van der Waals surface area contributed by atoms with E-state index in [0.29, 0.717) is 5.58 Å². The number of nitrogens with zero attached hydrogens (tertiary/aromatic N) is 2. The van der Waals surface area contributed by atoms with Crippen molar-refractivity contribution in [1.29, 1.82) is 0 Å². The number of para-hydroxylation sites is 2. The van der Waals surface area contributed by atoms with Crippen LogP contribution in [0.15, 0.2) is 57.7 Å². The lowest BCUT2D eigenvalue weighted by molar-refractivity contribution is 0.415. The quantitative estimate of drug-likeness (QED) is 0.310. The van der Waals surface area contributed by atoms with Crippen molar-refractivity contribution >= 4 is 16.8 Å². The molecule has 176 valence electrons. The van der Waals surface area contributed by atoms with E-state index in [1.54, 1.807) is 11.7 Å². The summed E-state index contributed by atoms with van der Waals surface area (Å²) < 4.78 is 12.1. The van der Waals surface area contributed by atoms with E-state index in [4.69, 9.17) is 9.15 Å². The third kappa shape index (κ3) is 7.77. The van der Waals surface area contributed by atoms with Gasteiger partial charge in [-0.2, -0.15) is 0 Å². The SMILES string of the molecule is CC(C)CCCCn1c(=O)oc2ccccc21.CCCN(CCC)c1ccc(OC)cc1. The number of aryl methyl sites for hydroxylation is 1. The first-order chi connectivity index (χ1) is 15.5. The molecule has 5 nitrogen and oxygen atoms in total. The Morgan fingerprint density at radius 1 is 0.969 bits per heavy atom. The second kappa shape index (κ2) is 13.7. The van der Waals surface area contributed by atoms with Crippen LogP contribution in [0.2, 0.25) is 0 Å². The van der Waals surface area contributed by atoms with Crippen LogP contribution in [0.1, 0.15) is 59.8 Å². The Hall–Kier alpha value is -2.69. The topological polar surface area (TPSA) is 47.6 Å². The Kier molecular flexibility index (Phi) is 10.9. The minimum atomic E-state index is -0.240. The average molecular weight is 441 g/mol. The number of benzene rings is 2. The molecule has 0 aliphatic rings. The zero-order valence-corrected chi connectivity index (χ0v) is 20.5. The van der Waals surface area contributed by atoms with Crippen molar-refractivity contribution in [3.8, 4) is 5.75 Å². The molecule has 1 heterocycles. The molecule has 0 aliphatic carbocycles. The van der Waals surface area contributed by atoms with Gasteiger partial charge in [0.2, 0.25) is 0 Å². The minimum absolute atomic E-state index is 0.240. The first kappa shape index (κ1) is 25.6. The monoisotopic (exact) mass is 440 g/mol. The van der Waals surface area contributed by atoms with Crippen molar-refractivity contribution in [1.82, 2.24) is 4.57 Å². The zero-order valence-electron chi connectivity index (χ0n) is 20.5. The molecule has 0 fully saturated rings. The summed E-state index contributed by atoms with van der Waals surface area (Å²) in [6.07, 6.45) is 5.77. The van der Waals surface area contributed by atoms with Crippen LogP contribution in [0.5, 0.6) is 5.75 Å². The molecule has 2 aromatic carbocycles. The highest BCUT2D eigenvalue weighted by Crippen LogP contribution is 2.19. The first-order valence-corrected chi connectivity index (χ1v) is 12.0. The summed E-state index contributed by atoms with van der Waals surface area (Å²) in [6, 6.07) is 15.9. The fourth-order valence-corrected chi connectivity index (χ4v) is 3.75. The molecule has 0 saturated heterocycles. The molecule has 3 rings (SSSR count). The Bertz CT molecular complexity index is 951. The second-order valence-corrected chi connectivity index (χ2v) is 8.56. The Labute approximate surface area is 193 Å². The summed E-state index contributed by atoms with van der Waals surface area (Å²) in [6.45, 7) is 11.9. The van der Waals surface area contributed by atoms with Gasteiger partial charge >= 0.3 is 5.76 Å². The van der Waals surface area contributed by atoms with Crippen LogP contribution in [0, 0.1) is 5.92 Å². The third-order valence-electron chi connectivity index (χ3n) is 5.41.